The molecule has 0 aliphatic heterocycles. The van der Waals surface area contributed by atoms with Crippen LogP contribution in [0.25, 0.3) is 0 Å². The monoisotopic (exact) mass is 394 g/mol. The van der Waals surface area contributed by atoms with Gasteiger partial charge in [0.2, 0.25) is 17.7 Å². The third kappa shape index (κ3) is 7.33. The van der Waals surface area contributed by atoms with Gasteiger partial charge in [0.25, 0.3) is 0 Å². The van der Waals surface area contributed by atoms with Gasteiger partial charge in [0, 0.05) is 6.42 Å². The highest BCUT2D eigenvalue weighted by molar-refractivity contribution is 5.93. The van der Waals surface area contributed by atoms with Crippen LogP contribution < -0.4 is 21.7 Å². The lowest BCUT2D eigenvalue weighted by Gasteiger charge is -2.25. The topological polar surface area (TPSA) is 171 Å². The highest BCUT2D eigenvalue weighted by Crippen LogP contribution is 2.05. The molecule has 10 heteroatoms. The van der Waals surface area contributed by atoms with Gasteiger partial charge < -0.3 is 31.9 Å². The highest BCUT2D eigenvalue weighted by Gasteiger charge is 2.31. The molecule has 7 N–H and O–H groups in total. The Labute approximate surface area is 162 Å². The molecule has 4 unspecified atom stereocenters. The van der Waals surface area contributed by atoms with Gasteiger partial charge in [0.15, 0.2) is 0 Å². The second-order valence-electron chi connectivity index (χ2n) is 6.31. The molecule has 0 spiro atoms. The van der Waals surface area contributed by atoms with Crippen molar-refractivity contribution in [3.8, 4) is 0 Å². The van der Waals surface area contributed by atoms with Gasteiger partial charge in [-0.3, -0.25) is 14.4 Å². The maximum Gasteiger partial charge on any atom is 0.326 e. The van der Waals surface area contributed by atoms with E-state index in [-0.39, 0.29) is 13.0 Å². The van der Waals surface area contributed by atoms with Crippen LogP contribution in [0.15, 0.2) is 30.3 Å². The highest BCUT2D eigenvalue weighted by atomic mass is 16.4. The van der Waals surface area contributed by atoms with Crippen LogP contribution in [0.1, 0.15) is 19.4 Å². The summed E-state index contributed by atoms with van der Waals surface area (Å²) in [5, 5.41) is 26.2. The van der Waals surface area contributed by atoms with E-state index in [0.717, 1.165) is 0 Å². The summed E-state index contributed by atoms with van der Waals surface area (Å²) in [6.45, 7) is 2.35. The summed E-state index contributed by atoms with van der Waals surface area (Å²) in [4.78, 5) is 47.4. The zero-order valence-electron chi connectivity index (χ0n) is 15.7. The Morgan fingerprint density at radius 1 is 1.00 bits per heavy atom. The van der Waals surface area contributed by atoms with E-state index in [2.05, 4.69) is 16.0 Å². The van der Waals surface area contributed by atoms with E-state index < -0.39 is 47.9 Å². The van der Waals surface area contributed by atoms with Gasteiger partial charge in [-0.1, -0.05) is 30.3 Å². The van der Waals surface area contributed by atoms with Crippen molar-refractivity contribution in [1.82, 2.24) is 16.0 Å². The van der Waals surface area contributed by atoms with Gasteiger partial charge in [-0.2, -0.15) is 0 Å². The number of carboxylic acid groups (broad SMARTS) is 1. The number of rotatable bonds is 10. The molecule has 0 saturated carbocycles. The first kappa shape index (κ1) is 23.1. The largest absolute Gasteiger partial charge is 0.480 e. The average Bonchev–Trinajstić information content (AvgIpc) is 2.65. The number of carbonyl (C=O) groups is 4. The molecule has 1 aromatic carbocycles. The van der Waals surface area contributed by atoms with Gasteiger partial charge in [-0.05, 0) is 19.4 Å². The van der Waals surface area contributed by atoms with E-state index in [1.54, 1.807) is 30.3 Å². The summed E-state index contributed by atoms with van der Waals surface area (Å²) in [6, 6.07) is 5.06. The van der Waals surface area contributed by atoms with Crippen LogP contribution in [0.5, 0.6) is 0 Å². The van der Waals surface area contributed by atoms with Gasteiger partial charge in [-0.15, -0.1) is 0 Å². The molecule has 0 aromatic heterocycles. The van der Waals surface area contributed by atoms with Crippen LogP contribution in [-0.4, -0.2) is 64.7 Å². The lowest BCUT2D eigenvalue weighted by Crippen LogP contribution is -2.59. The van der Waals surface area contributed by atoms with Crippen molar-refractivity contribution in [2.24, 2.45) is 5.73 Å². The van der Waals surface area contributed by atoms with Gasteiger partial charge in [0.1, 0.15) is 18.1 Å². The predicted molar refractivity (Wildman–Crippen MR) is 100.0 cm³/mol. The Morgan fingerprint density at radius 2 is 1.61 bits per heavy atom. The number of benzene rings is 1. The van der Waals surface area contributed by atoms with Gasteiger partial charge in [0.05, 0.1) is 12.6 Å². The summed E-state index contributed by atoms with van der Waals surface area (Å²) in [5.41, 5.74) is 5.86. The van der Waals surface area contributed by atoms with Crippen molar-refractivity contribution in [3.05, 3.63) is 35.9 Å². The van der Waals surface area contributed by atoms with Crippen LogP contribution >= 0.6 is 0 Å². The molecule has 0 aliphatic rings. The second-order valence-corrected chi connectivity index (χ2v) is 6.31. The fraction of sp³-hybridized carbons (Fsp3) is 0.444. The van der Waals surface area contributed by atoms with E-state index in [9.17, 15) is 29.4 Å². The second kappa shape index (κ2) is 11.0. The first-order valence-corrected chi connectivity index (χ1v) is 8.70. The predicted octanol–water partition coefficient (Wildman–Crippen LogP) is -1.87. The van der Waals surface area contributed by atoms with Crippen LogP contribution in [0.2, 0.25) is 0 Å². The molecule has 4 atom stereocenters. The van der Waals surface area contributed by atoms with Crippen LogP contribution in [0.3, 0.4) is 0 Å². The van der Waals surface area contributed by atoms with Crippen molar-refractivity contribution in [2.45, 2.75) is 44.5 Å². The molecule has 1 rings (SSSR count). The number of carbonyl (C=O) groups excluding carboxylic acids is 3. The number of aliphatic carboxylic acids is 1. The number of carboxylic acids is 1. The van der Waals surface area contributed by atoms with Crippen LogP contribution in [-0.2, 0) is 25.6 Å². The zero-order chi connectivity index (χ0) is 21.3. The van der Waals surface area contributed by atoms with Crippen molar-refractivity contribution in [3.63, 3.8) is 0 Å². The number of aliphatic hydroxyl groups is 1. The Kier molecular flexibility index (Phi) is 9.06. The van der Waals surface area contributed by atoms with Crippen LogP contribution in [0.4, 0.5) is 0 Å². The molecule has 0 fully saturated rings. The molecular weight excluding hydrogens is 368 g/mol. The Balaban J connectivity index is 2.80. The molecular formula is C18H26N4O6. The molecule has 154 valence electrons. The molecule has 10 nitrogen and oxygen atoms in total. The van der Waals surface area contributed by atoms with Gasteiger partial charge >= 0.3 is 5.97 Å². The fourth-order valence-corrected chi connectivity index (χ4v) is 2.36. The number of hydrogen-bond donors (Lipinski definition) is 6. The summed E-state index contributed by atoms with van der Waals surface area (Å²) < 4.78 is 0. The van der Waals surface area contributed by atoms with E-state index in [1.807, 2.05) is 0 Å². The maximum absolute atomic E-state index is 12.5. The van der Waals surface area contributed by atoms with E-state index in [0.29, 0.717) is 5.56 Å². The molecule has 28 heavy (non-hydrogen) atoms. The van der Waals surface area contributed by atoms with Crippen molar-refractivity contribution in [2.75, 3.05) is 6.54 Å². The molecule has 0 saturated heterocycles. The number of hydrogen-bond acceptors (Lipinski definition) is 6. The standard InChI is InChI=1S/C18H26N4O6/c1-10(20-14(24)9-19)16(25)22-15(11(2)23)17(26)21-13(18(27)28)8-12-6-4-3-5-7-12/h3-7,10-11,13,15,23H,8-9,19H2,1-2H3,(H,20,24)(H,21,26)(H,22,25)(H,27,28). The van der Waals surface area contributed by atoms with E-state index in [1.165, 1.54) is 13.8 Å². The minimum atomic E-state index is -1.40. The lowest BCUT2D eigenvalue weighted by molar-refractivity contribution is -0.143. The Bertz CT molecular complexity index is 695. The summed E-state index contributed by atoms with van der Waals surface area (Å²) in [5.74, 6) is -3.40. The fourth-order valence-electron chi connectivity index (χ4n) is 2.36. The lowest BCUT2D eigenvalue weighted by atomic mass is 10.0. The Hall–Kier alpha value is -2.98. The van der Waals surface area contributed by atoms with Crippen molar-refractivity contribution >= 4 is 23.7 Å². The third-order valence-corrected chi connectivity index (χ3v) is 3.92. The molecule has 3 amide bonds. The summed E-state index contributed by atoms with van der Waals surface area (Å²) in [7, 11) is 0. The van der Waals surface area contributed by atoms with Crippen molar-refractivity contribution < 1.29 is 29.4 Å². The first-order valence-electron chi connectivity index (χ1n) is 8.70. The Morgan fingerprint density at radius 3 is 2.11 bits per heavy atom. The van der Waals surface area contributed by atoms with E-state index >= 15 is 0 Å². The quantitative estimate of drug-likeness (QED) is 0.270. The SMILES string of the molecule is CC(NC(=O)CN)C(=O)NC(C(=O)NC(Cc1ccccc1)C(=O)O)C(C)O. The molecule has 0 aliphatic carbocycles. The summed E-state index contributed by atoms with van der Waals surface area (Å²) in [6.07, 6.45) is -1.27. The first-order chi connectivity index (χ1) is 13.1. The number of nitrogens with one attached hydrogen (secondary N) is 3. The molecule has 0 radical (unpaired) electrons. The normalized spacial score (nSPS) is 14.9. The number of nitrogens with two attached hydrogens (primary N) is 1. The number of aliphatic hydroxyl groups excluding tert-OH is 1. The number of amides is 3. The smallest absolute Gasteiger partial charge is 0.326 e. The maximum atomic E-state index is 12.5. The van der Waals surface area contributed by atoms with Gasteiger partial charge in [-0.25, -0.2) is 4.79 Å². The van der Waals surface area contributed by atoms with Crippen molar-refractivity contribution in [1.29, 1.82) is 0 Å². The van der Waals surface area contributed by atoms with E-state index in [4.69, 9.17) is 5.73 Å². The molecule has 0 bridgehead atoms. The third-order valence-electron chi connectivity index (χ3n) is 3.92. The van der Waals surface area contributed by atoms with Crippen LogP contribution in [0, 0.1) is 0 Å². The molecule has 1 aromatic rings. The minimum absolute atomic E-state index is 0.0331. The summed E-state index contributed by atoms with van der Waals surface area (Å²) >= 11 is 0. The zero-order valence-corrected chi connectivity index (χ0v) is 15.7. The average molecular weight is 394 g/mol. The molecule has 0 heterocycles. The minimum Gasteiger partial charge on any atom is -0.480 e.